The number of hydrogen-bond acceptors (Lipinski definition) is 2. The average Bonchev–Trinajstić information content (AvgIpc) is 2.21. The molecule has 0 saturated carbocycles. The highest BCUT2D eigenvalue weighted by Gasteiger charge is 2.34. The molecule has 2 atom stereocenters. The summed E-state index contributed by atoms with van der Waals surface area (Å²) in [7, 11) is 0. The van der Waals surface area contributed by atoms with Gasteiger partial charge in [-0.2, -0.15) is 0 Å². The van der Waals surface area contributed by atoms with Crippen molar-refractivity contribution in [2.45, 2.75) is 46.6 Å². The standard InChI is InChI=1S/C13H26N2O/c1-6-14-13(4,5)12(16)15-8-7-10(2)11(3)9-15/h10-11,14H,6-9H2,1-5H3. The third kappa shape index (κ3) is 2.97. The van der Waals surface area contributed by atoms with Crippen molar-refractivity contribution in [3.63, 3.8) is 0 Å². The molecule has 3 nitrogen and oxygen atoms in total. The van der Waals surface area contributed by atoms with E-state index in [2.05, 4.69) is 19.2 Å². The molecule has 1 N–H and O–H groups in total. The van der Waals surface area contributed by atoms with Crippen LogP contribution >= 0.6 is 0 Å². The number of nitrogens with one attached hydrogen (secondary N) is 1. The van der Waals surface area contributed by atoms with Gasteiger partial charge >= 0.3 is 0 Å². The second-order valence-corrected chi connectivity index (χ2v) is 5.65. The predicted octanol–water partition coefficient (Wildman–Crippen LogP) is 1.88. The van der Waals surface area contributed by atoms with Gasteiger partial charge in [0.15, 0.2) is 0 Å². The first kappa shape index (κ1) is 13.5. The second kappa shape index (κ2) is 5.17. The Morgan fingerprint density at radius 3 is 2.50 bits per heavy atom. The van der Waals surface area contributed by atoms with Gasteiger partial charge in [0.1, 0.15) is 0 Å². The molecule has 1 aliphatic heterocycles. The van der Waals surface area contributed by atoms with Gasteiger partial charge in [-0.05, 0) is 38.6 Å². The highest BCUT2D eigenvalue weighted by molar-refractivity contribution is 5.85. The van der Waals surface area contributed by atoms with Gasteiger partial charge in [0.05, 0.1) is 5.54 Å². The number of piperidine rings is 1. The van der Waals surface area contributed by atoms with Crippen LogP contribution in [0, 0.1) is 11.8 Å². The molecule has 0 radical (unpaired) electrons. The summed E-state index contributed by atoms with van der Waals surface area (Å²) in [5.74, 6) is 1.61. The maximum atomic E-state index is 12.3. The van der Waals surface area contributed by atoms with Crippen molar-refractivity contribution in [2.24, 2.45) is 11.8 Å². The smallest absolute Gasteiger partial charge is 0.242 e. The number of carbonyl (C=O) groups excluding carboxylic acids is 1. The van der Waals surface area contributed by atoms with Crippen LogP contribution in [0.15, 0.2) is 0 Å². The molecule has 0 bridgehead atoms. The highest BCUT2D eigenvalue weighted by atomic mass is 16.2. The summed E-state index contributed by atoms with van der Waals surface area (Å²) >= 11 is 0. The minimum absolute atomic E-state index is 0.244. The molecule has 0 aliphatic carbocycles. The molecule has 2 unspecified atom stereocenters. The zero-order chi connectivity index (χ0) is 12.3. The quantitative estimate of drug-likeness (QED) is 0.797. The van der Waals surface area contributed by atoms with Crippen LogP contribution in [0.3, 0.4) is 0 Å². The van der Waals surface area contributed by atoms with Crippen LogP contribution in [0.4, 0.5) is 0 Å². The molecule has 1 amide bonds. The Labute approximate surface area is 99.6 Å². The Kier molecular flexibility index (Phi) is 4.36. The van der Waals surface area contributed by atoms with Gasteiger partial charge in [0.2, 0.25) is 5.91 Å². The van der Waals surface area contributed by atoms with Crippen LogP contribution in [0.5, 0.6) is 0 Å². The van der Waals surface area contributed by atoms with Gasteiger partial charge < -0.3 is 10.2 Å². The summed E-state index contributed by atoms with van der Waals surface area (Å²) in [6.07, 6.45) is 1.13. The van der Waals surface area contributed by atoms with Gasteiger partial charge in [-0.3, -0.25) is 4.79 Å². The Bertz CT molecular complexity index is 250. The zero-order valence-electron chi connectivity index (χ0n) is 11.3. The maximum absolute atomic E-state index is 12.3. The molecule has 0 spiro atoms. The normalized spacial score (nSPS) is 26.9. The molecule has 0 aromatic carbocycles. The van der Waals surface area contributed by atoms with E-state index in [-0.39, 0.29) is 5.91 Å². The first-order chi connectivity index (χ1) is 7.38. The summed E-state index contributed by atoms with van der Waals surface area (Å²) in [6.45, 7) is 13.2. The Morgan fingerprint density at radius 2 is 2.00 bits per heavy atom. The van der Waals surface area contributed by atoms with Gasteiger partial charge in [0.25, 0.3) is 0 Å². The number of rotatable bonds is 3. The Morgan fingerprint density at radius 1 is 1.38 bits per heavy atom. The second-order valence-electron chi connectivity index (χ2n) is 5.65. The fraction of sp³-hybridized carbons (Fsp3) is 0.923. The van der Waals surface area contributed by atoms with E-state index in [1.54, 1.807) is 0 Å². The Hall–Kier alpha value is -0.570. The van der Waals surface area contributed by atoms with Crippen LogP contribution in [0.25, 0.3) is 0 Å². The van der Waals surface area contributed by atoms with Crippen LogP contribution in [-0.4, -0.2) is 36.0 Å². The lowest BCUT2D eigenvalue weighted by Gasteiger charge is -2.39. The molecule has 1 fully saturated rings. The SMILES string of the molecule is CCNC(C)(C)C(=O)N1CCC(C)C(C)C1. The Balaban J connectivity index is 2.61. The van der Waals surface area contributed by atoms with Gasteiger partial charge in [0, 0.05) is 13.1 Å². The average molecular weight is 226 g/mol. The van der Waals surface area contributed by atoms with Gasteiger partial charge in [-0.1, -0.05) is 20.8 Å². The fourth-order valence-corrected chi connectivity index (χ4v) is 2.36. The molecule has 16 heavy (non-hydrogen) atoms. The maximum Gasteiger partial charge on any atom is 0.242 e. The van der Waals surface area contributed by atoms with Crippen LogP contribution < -0.4 is 5.32 Å². The van der Waals surface area contributed by atoms with Crippen LogP contribution in [0.1, 0.15) is 41.0 Å². The van der Waals surface area contributed by atoms with Crippen molar-refractivity contribution in [2.75, 3.05) is 19.6 Å². The monoisotopic (exact) mass is 226 g/mol. The van der Waals surface area contributed by atoms with E-state index in [1.807, 2.05) is 25.7 Å². The van der Waals surface area contributed by atoms with Crippen LogP contribution in [-0.2, 0) is 4.79 Å². The van der Waals surface area contributed by atoms with Crippen molar-refractivity contribution < 1.29 is 4.79 Å². The fourth-order valence-electron chi connectivity index (χ4n) is 2.36. The van der Waals surface area contributed by atoms with E-state index in [4.69, 9.17) is 0 Å². The lowest BCUT2D eigenvalue weighted by atomic mass is 9.87. The summed E-state index contributed by atoms with van der Waals surface area (Å²) in [4.78, 5) is 14.3. The predicted molar refractivity (Wildman–Crippen MR) is 67.3 cm³/mol. The van der Waals surface area contributed by atoms with Crippen molar-refractivity contribution >= 4 is 5.91 Å². The molecular formula is C13H26N2O. The number of nitrogens with zero attached hydrogens (tertiary/aromatic N) is 1. The van der Waals surface area contributed by atoms with E-state index in [1.165, 1.54) is 0 Å². The summed E-state index contributed by atoms with van der Waals surface area (Å²) in [6, 6.07) is 0. The van der Waals surface area contributed by atoms with Crippen molar-refractivity contribution in [1.82, 2.24) is 10.2 Å². The summed E-state index contributed by atoms with van der Waals surface area (Å²) in [5, 5.41) is 3.25. The van der Waals surface area contributed by atoms with Gasteiger partial charge in [-0.25, -0.2) is 0 Å². The molecule has 3 heteroatoms. The number of hydrogen-bond donors (Lipinski definition) is 1. The van der Waals surface area contributed by atoms with Crippen molar-refractivity contribution in [3.8, 4) is 0 Å². The molecule has 1 heterocycles. The zero-order valence-corrected chi connectivity index (χ0v) is 11.3. The number of likely N-dealkylation sites (N-methyl/N-ethyl adjacent to an activating group) is 1. The summed E-state index contributed by atoms with van der Waals surface area (Å²) < 4.78 is 0. The lowest BCUT2D eigenvalue weighted by Crippen LogP contribution is -2.56. The van der Waals surface area contributed by atoms with E-state index in [0.717, 1.165) is 32.0 Å². The lowest BCUT2D eigenvalue weighted by molar-refractivity contribution is -0.139. The van der Waals surface area contributed by atoms with Crippen LogP contribution in [0.2, 0.25) is 0 Å². The molecular weight excluding hydrogens is 200 g/mol. The van der Waals surface area contributed by atoms with E-state index < -0.39 is 5.54 Å². The number of likely N-dealkylation sites (tertiary alicyclic amines) is 1. The first-order valence-corrected chi connectivity index (χ1v) is 6.43. The molecule has 0 aromatic heterocycles. The third-order valence-electron chi connectivity index (χ3n) is 3.77. The largest absolute Gasteiger partial charge is 0.341 e. The molecule has 94 valence electrons. The minimum atomic E-state index is -0.422. The van der Waals surface area contributed by atoms with Crippen molar-refractivity contribution in [1.29, 1.82) is 0 Å². The highest BCUT2D eigenvalue weighted by Crippen LogP contribution is 2.24. The van der Waals surface area contributed by atoms with E-state index >= 15 is 0 Å². The number of amides is 1. The summed E-state index contributed by atoms with van der Waals surface area (Å²) in [5.41, 5.74) is -0.422. The topological polar surface area (TPSA) is 32.3 Å². The number of carbonyl (C=O) groups is 1. The van der Waals surface area contributed by atoms with Gasteiger partial charge in [-0.15, -0.1) is 0 Å². The van der Waals surface area contributed by atoms with E-state index in [0.29, 0.717) is 5.92 Å². The minimum Gasteiger partial charge on any atom is -0.341 e. The van der Waals surface area contributed by atoms with Crippen molar-refractivity contribution in [3.05, 3.63) is 0 Å². The third-order valence-corrected chi connectivity index (χ3v) is 3.77. The molecule has 1 saturated heterocycles. The molecule has 0 aromatic rings. The molecule has 1 aliphatic rings. The molecule has 1 rings (SSSR count). The van der Waals surface area contributed by atoms with E-state index in [9.17, 15) is 4.79 Å². The first-order valence-electron chi connectivity index (χ1n) is 6.43.